The summed E-state index contributed by atoms with van der Waals surface area (Å²) in [7, 11) is 0. The second-order valence-electron chi connectivity index (χ2n) is 5.65. The maximum atomic E-state index is 6.19. The number of nitrogens with one attached hydrogen (secondary N) is 1. The SMILES string of the molecule is CCOc1cc(/C=N\n2c(C)n[nH]c2=S)ccc1OCc1ccccc1Cl. The molecule has 1 aromatic heterocycles. The molecule has 3 rings (SSSR count). The van der Waals surface area contributed by atoms with E-state index in [4.69, 9.17) is 33.3 Å². The van der Waals surface area contributed by atoms with Crippen LogP contribution in [-0.4, -0.2) is 27.7 Å². The minimum absolute atomic E-state index is 0.358. The number of H-pyrrole nitrogens is 1. The van der Waals surface area contributed by atoms with E-state index in [0.29, 0.717) is 40.3 Å². The van der Waals surface area contributed by atoms with Gasteiger partial charge in [-0.2, -0.15) is 14.9 Å². The maximum absolute atomic E-state index is 6.19. The number of halogens is 1. The first-order valence-corrected chi connectivity index (χ1v) is 9.18. The first kappa shape index (κ1) is 19.1. The Kier molecular flexibility index (Phi) is 6.26. The minimum Gasteiger partial charge on any atom is -0.490 e. The van der Waals surface area contributed by atoms with Gasteiger partial charge in [0.2, 0.25) is 4.77 Å². The molecule has 0 saturated carbocycles. The molecular weight excluding hydrogens is 384 g/mol. The van der Waals surface area contributed by atoms with Gasteiger partial charge in [0.15, 0.2) is 11.5 Å². The van der Waals surface area contributed by atoms with Crippen molar-refractivity contribution in [2.24, 2.45) is 5.10 Å². The average molecular weight is 403 g/mol. The van der Waals surface area contributed by atoms with Crippen molar-refractivity contribution < 1.29 is 9.47 Å². The van der Waals surface area contributed by atoms with Crippen molar-refractivity contribution in [3.63, 3.8) is 0 Å². The highest BCUT2D eigenvalue weighted by atomic mass is 35.5. The molecule has 0 amide bonds. The molecule has 140 valence electrons. The molecule has 0 unspecified atom stereocenters. The Labute approximate surface area is 167 Å². The number of hydrogen-bond acceptors (Lipinski definition) is 5. The fourth-order valence-corrected chi connectivity index (χ4v) is 2.81. The third-order valence-corrected chi connectivity index (χ3v) is 4.38. The van der Waals surface area contributed by atoms with Crippen LogP contribution in [0.3, 0.4) is 0 Å². The lowest BCUT2D eigenvalue weighted by atomic mass is 10.2. The molecule has 0 spiro atoms. The molecule has 0 fully saturated rings. The Balaban J connectivity index is 1.80. The van der Waals surface area contributed by atoms with Crippen LogP contribution < -0.4 is 9.47 Å². The van der Waals surface area contributed by atoms with E-state index in [0.717, 1.165) is 11.1 Å². The van der Waals surface area contributed by atoms with E-state index in [2.05, 4.69) is 15.3 Å². The smallest absolute Gasteiger partial charge is 0.216 e. The lowest BCUT2D eigenvalue weighted by Gasteiger charge is -2.13. The highest BCUT2D eigenvalue weighted by Crippen LogP contribution is 2.29. The van der Waals surface area contributed by atoms with Gasteiger partial charge in [0.25, 0.3) is 0 Å². The number of hydrogen-bond donors (Lipinski definition) is 1. The number of aromatic nitrogens is 3. The summed E-state index contributed by atoms with van der Waals surface area (Å²) in [4.78, 5) is 0. The van der Waals surface area contributed by atoms with Crippen molar-refractivity contribution >= 4 is 30.0 Å². The molecule has 0 aliphatic rings. The van der Waals surface area contributed by atoms with Gasteiger partial charge >= 0.3 is 0 Å². The second-order valence-corrected chi connectivity index (χ2v) is 6.45. The fourth-order valence-electron chi connectivity index (χ4n) is 2.39. The molecule has 1 N–H and O–H groups in total. The Morgan fingerprint density at radius 2 is 2.04 bits per heavy atom. The van der Waals surface area contributed by atoms with E-state index in [1.54, 1.807) is 10.9 Å². The molecule has 8 heteroatoms. The predicted molar refractivity (Wildman–Crippen MR) is 109 cm³/mol. The van der Waals surface area contributed by atoms with Crippen LogP contribution in [0.1, 0.15) is 23.9 Å². The molecule has 2 aromatic carbocycles. The number of benzene rings is 2. The number of ether oxygens (including phenoxy) is 2. The first-order chi connectivity index (χ1) is 13.1. The third kappa shape index (κ3) is 4.75. The van der Waals surface area contributed by atoms with E-state index in [1.807, 2.05) is 56.3 Å². The lowest BCUT2D eigenvalue weighted by molar-refractivity contribution is 0.269. The first-order valence-electron chi connectivity index (χ1n) is 8.40. The van der Waals surface area contributed by atoms with E-state index in [1.165, 1.54) is 0 Å². The molecule has 3 aromatic rings. The highest BCUT2D eigenvalue weighted by molar-refractivity contribution is 7.71. The van der Waals surface area contributed by atoms with Crippen molar-refractivity contribution in [2.45, 2.75) is 20.5 Å². The van der Waals surface area contributed by atoms with Gasteiger partial charge in [-0.1, -0.05) is 29.8 Å². The summed E-state index contributed by atoms with van der Waals surface area (Å²) in [5, 5.41) is 11.7. The monoisotopic (exact) mass is 402 g/mol. The number of aromatic amines is 1. The van der Waals surface area contributed by atoms with Gasteiger partial charge in [-0.05, 0) is 55.9 Å². The summed E-state index contributed by atoms with van der Waals surface area (Å²) in [6.07, 6.45) is 1.69. The lowest BCUT2D eigenvalue weighted by Crippen LogP contribution is -2.01. The zero-order chi connectivity index (χ0) is 19.2. The second kappa shape index (κ2) is 8.83. The van der Waals surface area contributed by atoms with Crippen LogP contribution >= 0.6 is 23.8 Å². The molecule has 27 heavy (non-hydrogen) atoms. The van der Waals surface area contributed by atoms with Gasteiger partial charge in [0, 0.05) is 10.6 Å². The van der Waals surface area contributed by atoms with Crippen LogP contribution in [0.5, 0.6) is 11.5 Å². The number of rotatable bonds is 7. The van der Waals surface area contributed by atoms with Crippen LogP contribution in [0, 0.1) is 11.7 Å². The van der Waals surface area contributed by atoms with Gasteiger partial charge in [-0.25, -0.2) is 0 Å². The summed E-state index contributed by atoms with van der Waals surface area (Å²) < 4.78 is 13.6. The van der Waals surface area contributed by atoms with Crippen molar-refractivity contribution in [1.82, 2.24) is 14.9 Å². The molecule has 0 bridgehead atoms. The summed E-state index contributed by atoms with van der Waals surface area (Å²) in [6, 6.07) is 13.2. The van der Waals surface area contributed by atoms with E-state index in [9.17, 15) is 0 Å². The van der Waals surface area contributed by atoms with Gasteiger partial charge in [-0.15, -0.1) is 0 Å². The van der Waals surface area contributed by atoms with E-state index in [-0.39, 0.29) is 0 Å². The largest absolute Gasteiger partial charge is 0.490 e. The summed E-state index contributed by atoms with van der Waals surface area (Å²) in [6.45, 7) is 4.62. The van der Waals surface area contributed by atoms with Gasteiger partial charge < -0.3 is 9.47 Å². The number of aryl methyl sites for hydroxylation is 1. The van der Waals surface area contributed by atoms with Gasteiger partial charge in [0.1, 0.15) is 12.4 Å². The highest BCUT2D eigenvalue weighted by Gasteiger charge is 2.08. The van der Waals surface area contributed by atoms with E-state index < -0.39 is 0 Å². The molecule has 6 nitrogen and oxygen atoms in total. The molecule has 0 atom stereocenters. The van der Waals surface area contributed by atoms with Crippen LogP contribution in [0.4, 0.5) is 0 Å². The van der Waals surface area contributed by atoms with Crippen molar-refractivity contribution in [3.05, 3.63) is 69.2 Å². The predicted octanol–water partition coefficient (Wildman–Crippen LogP) is 4.76. The third-order valence-electron chi connectivity index (χ3n) is 3.74. The van der Waals surface area contributed by atoms with Crippen molar-refractivity contribution in [1.29, 1.82) is 0 Å². The summed E-state index contributed by atoms with van der Waals surface area (Å²) >= 11 is 11.3. The van der Waals surface area contributed by atoms with Crippen molar-refractivity contribution in [3.8, 4) is 11.5 Å². The maximum Gasteiger partial charge on any atom is 0.216 e. The number of nitrogens with zero attached hydrogens (tertiary/aromatic N) is 3. The molecule has 0 aliphatic carbocycles. The molecular formula is C19H19ClN4O2S. The van der Waals surface area contributed by atoms with Gasteiger partial charge in [-0.3, -0.25) is 5.10 Å². The molecule has 1 heterocycles. The molecule has 0 aliphatic heterocycles. The molecule has 0 radical (unpaired) electrons. The quantitative estimate of drug-likeness (QED) is 0.457. The van der Waals surface area contributed by atoms with E-state index >= 15 is 0 Å². The van der Waals surface area contributed by atoms with Crippen LogP contribution in [0.15, 0.2) is 47.6 Å². The standard InChI is InChI=1S/C19H19ClN4O2S/c1-3-25-18-10-14(11-21-24-13(2)22-23-19(24)27)8-9-17(18)26-12-15-6-4-5-7-16(15)20/h4-11H,3,12H2,1-2H3,(H,23,27)/b21-11-. The Morgan fingerprint density at radius 1 is 1.22 bits per heavy atom. The summed E-state index contributed by atoms with van der Waals surface area (Å²) in [5.74, 6) is 1.96. The van der Waals surface area contributed by atoms with Crippen LogP contribution in [0.2, 0.25) is 5.02 Å². The Morgan fingerprint density at radius 3 is 2.74 bits per heavy atom. The zero-order valence-electron chi connectivity index (χ0n) is 15.0. The minimum atomic E-state index is 0.358. The zero-order valence-corrected chi connectivity index (χ0v) is 16.5. The normalized spacial score (nSPS) is 11.1. The fraction of sp³-hybridized carbons (Fsp3) is 0.211. The Hall–Kier alpha value is -2.64. The topological polar surface area (TPSA) is 64.4 Å². The van der Waals surface area contributed by atoms with Crippen LogP contribution in [0.25, 0.3) is 0 Å². The van der Waals surface area contributed by atoms with Crippen LogP contribution in [-0.2, 0) is 6.61 Å². The average Bonchev–Trinajstić information content (AvgIpc) is 2.98. The molecule has 0 saturated heterocycles. The van der Waals surface area contributed by atoms with Crippen molar-refractivity contribution in [2.75, 3.05) is 6.61 Å². The summed E-state index contributed by atoms with van der Waals surface area (Å²) in [5.41, 5.74) is 1.77. The van der Waals surface area contributed by atoms with Gasteiger partial charge in [0.05, 0.1) is 12.8 Å². The Bertz CT molecular complexity index is 1010.